The van der Waals surface area contributed by atoms with E-state index in [9.17, 15) is 4.79 Å². The van der Waals surface area contributed by atoms with Crippen molar-refractivity contribution in [2.75, 3.05) is 0 Å². The van der Waals surface area contributed by atoms with Crippen molar-refractivity contribution >= 4 is 17.5 Å². The van der Waals surface area contributed by atoms with E-state index in [2.05, 4.69) is 23.1 Å². The summed E-state index contributed by atoms with van der Waals surface area (Å²) in [5.74, 6) is 1.01. The van der Waals surface area contributed by atoms with E-state index in [1.165, 1.54) is 17.4 Å². The Hall–Kier alpha value is -1.62. The number of thioether (sulfide) groups is 1. The van der Waals surface area contributed by atoms with E-state index < -0.39 is 0 Å². The molecule has 2 aromatic rings. The van der Waals surface area contributed by atoms with Crippen LogP contribution in [0, 0.1) is 6.92 Å². The molecule has 0 aliphatic heterocycles. The predicted octanol–water partition coefficient (Wildman–Crippen LogP) is 2.87. The van der Waals surface area contributed by atoms with E-state index in [0.29, 0.717) is 11.6 Å². The molecule has 17 heavy (non-hydrogen) atoms. The van der Waals surface area contributed by atoms with Crippen molar-refractivity contribution in [3.05, 3.63) is 41.5 Å². The van der Waals surface area contributed by atoms with Crippen LogP contribution >= 0.6 is 11.8 Å². The average molecular weight is 248 g/mol. The van der Waals surface area contributed by atoms with Gasteiger partial charge in [-0.2, -0.15) is 4.98 Å². The van der Waals surface area contributed by atoms with E-state index in [4.69, 9.17) is 4.52 Å². The maximum atomic E-state index is 11.0. The van der Waals surface area contributed by atoms with Crippen LogP contribution < -0.4 is 0 Å². The molecule has 0 amide bonds. The van der Waals surface area contributed by atoms with Gasteiger partial charge in [-0.1, -0.05) is 23.4 Å². The Kier molecular flexibility index (Phi) is 3.58. The van der Waals surface area contributed by atoms with Gasteiger partial charge in [-0.15, -0.1) is 11.8 Å². The average Bonchev–Trinajstić information content (AvgIpc) is 2.77. The Morgan fingerprint density at radius 2 is 2.18 bits per heavy atom. The number of benzene rings is 1. The number of aromatic nitrogens is 2. The normalized spacial score (nSPS) is 10.5. The van der Waals surface area contributed by atoms with Gasteiger partial charge in [0.05, 0.1) is 5.75 Å². The fourth-order valence-corrected chi connectivity index (χ4v) is 2.19. The third-order valence-corrected chi connectivity index (χ3v) is 3.39. The number of carbonyl (C=O) groups excluding carboxylic acids is 1. The molecule has 88 valence electrons. The molecular formula is C12H12N2O2S. The largest absolute Gasteiger partial charge is 0.331 e. The summed E-state index contributed by atoms with van der Waals surface area (Å²) in [6, 6.07) is 8.10. The van der Waals surface area contributed by atoms with Gasteiger partial charge in [0, 0.05) is 11.8 Å². The molecule has 2 rings (SSSR count). The molecule has 1 aromatic heterocycles. The second kappa shape index (κ2) is 5.14. The molecule has 5 heteroatoms. The molecule has 0 fully saturated rings. The summed E-state index contributed by atoms with van der Waals surface area (Å²) in [4.78, 5) is 16.2. The molecule has 0 saturated heterocycles. The molecule has 1 heterocycles. The Balaban J connectivity index is 2.02. The number of ketones is 1. The van der Waals surface area contributed by atoms with Crippen LogP contribution in [0.2, 0.25) is 0 Å². The number of nitrogens with zero attached hydrogens (tertiary/aromatic N) is 2. The topological polar surface area (TPSA) is 56.0 Å². The highest BCUT2D eigenvalue weighted by atomic mass is 32.2. The minimum Gasteiger partial charge on any atom is -0.331 e. The van der Waals surface area contributed by atoms with Crippen molar-refractivity contribution in [1.29, 1.82) is 0 Å². The Morgan fingerprint density at radius 1 is 1.41 bits per heavy atom. The van der Waals surface area contributed by atoms with Crippen LogP contribution in [0.4, 0.5) is 0 Å². The smallest absolute Gasteiger partial charge is 0.293 e. The number of hydrogen-bond donors (Lipinski definition) is 0. The van der Waals surface area contributed by atoms with Gasteiger partial charge in [0.2, 0.25) is 5.78 Å². The number of aryl methyl sites for hydroxylation is 1. The van der Waals surface area contributed by atoms with Crippen molar-refractivity contribution in [3.8, 4) is 0 Å². The molecule has 0 unspecified atom stereocenters. The first-order valence-electron chi connectivity index (χ1n) is 5.19. The van der Waals surface area contributed by atoms with Crippen LogP contribution in [0.25, 0.3) is 0 Å². The maximum Gasteiger partial charge on any atom is 0.293 e. The lowest BCUT2D eigenvalue weighted by Gasteiger charge is -2.01. The lowest BCUT2D eigenvalue weighted by atomic mass is 10.2. The first-order chi connectivity index (χ1) is 8.16. The molecule has 0 spiro atoms. The van der Waals surface area contributed by atoms with E-state index in [0.717, 1.165) is 0 Å². The molecule has 0 bridgehead atoms. The van der Waals surface area contributed by atoms with E-state index >= 15 is 0 Å². The Bertz CT molecular complexity index is 537. The monoisotopic (exact) mass is 248 g/mol. The van der Waals surface area contributed by atoms with Crippen LogP contribution in [-0.4, -0.2) is 15.9 Å². The van der Waals surface area contributed by atoms with Gasteiger partial charge in [0.1, 0.15) is 0 Å². The third kappa shape index (κ3) is 2.94. The highest BCUT2D eigenvalue weighted by Gasteiger charge is 2.10. The van der Waals surface area contributed by atoms with Crippen LogP contribution in [0.15, 0.2) is 33.7 Å². The Labute approximate surface area is 103 Å². The van der Waals surface area contributed by atoms with E-state index in [1.807, 2.05) is 18.2 Å². The van der Waals surface area contributed by atoms with Crippen molar-refractivity contribution in [1.82, 2.24) is 10.1 Å². The molecule has 0 aliphatic rings. The van der Waals surface area contributed by atoms with Gasteiger partial charge in [0.25, 0.3) is 5.89 Å². The van der Waals surface area contributed by atoms with Crippen LogP contribution in [0.5, 0.6) is 0 Å². The van der Waals surface area contributed by atoms with Crippen molar-refractivity contribution in [2.45, 2.75) is 24.5 Å². The molecule has 0 aliphatic carbocycles. The number of carbonyl (C=O) groups is 1. The first kappa shape index (κ1) is 11.9. The summed E-state index contributed by atoms with van der Waals surface area (Å²) in [7, 11) is 0. The summed E-state index contributed by atoms with van der Waals surface area (Å²) in [6.45, 7) is 3.46. The molecular weight excluding hydrogens is 236 g/mol. The van der Waals surface area contributed by atoms with Gasteiger partial charge in [-0.05, 0) is 18.6 Å². The molecule has 0 radical (unpaired) electrons. The fourth-order valence-electron chi connectivity index (χ4n) is 1.32. The van der Waals surface area contributed by atoms with Gasteiger partial charge in [0.15, 0.2) is 5.82 Å². The zero-order valence-electron chi connectivity index (χ0n) is 9.64. The third-order valence-electron chi connectivity index (χ3n) is 2.22. The quantitative estimate of drug-likeness (QED) is 0.615. The summed E-state index contributed by atoms with van der Waals surface area (Å²) >= 11 is 1.63. The predicted molar refractivity (Wildman–Crippen MR) is 65.0 cm³/mol. The summed E-state index contributed by atoms with van der Waals surface area (Å²) in [5.41, 5.74) is 1.22. The first-order valence-corrected chi connectivity index (χ1v) is 6.17. The van der Waals surface area contributed by atoms with Gasteiger partial charge in [-0.3, -0.25) is 4.79 Å². The highest BCUT2D eigenvalue weighted by molar-refractivity contribution is 7.98. The SMILES string of the molecule is CC(=O)c1nc(CSc2ccccc2C)no1. The second-order valence-electron chi connectivity index (χ2n) is 3.63. The van der Waals surface area contributed by atoms with Crippen LogP contribution in [0.1, 0.15) is 29.0 Å². The molecule has 0 atom stereocenters. The zero-order chi connectivity index (χ0) is 12.3. The minimum atomic E-state index is -0.204. The van der Waals surface area contributed by atoms with Crippen LogP contribution in [0.3, 0.4) is 0 Å². The van der Waals surface area contributed by atoms with Crippen molar-refractivity contribution in [2.24, 2.45) is 0 Å². The second-order valence-corrected chi connectivity index (χ2v) is 4.64. The summed E-state index contributed by atoms with van der Waals surface area (Å²) < 4.78 is 4.82. The maximum absolute atomic E-state index is 11.0. The summed E-state index contributed by atoms with van der Waals surface area (Å²) in [6.07, 6.45) is 0. The molecule has 1 aromatic carbocycles. The molecule has 0 N–H and O–H groups in total. The highest BCUT2D eigenvalue weighted by Crippen LogP contribution is 2.24. The number of hydrogen-bond acceptors (Lipinski definition) is 5. The zero-order valence-corrected chi connectivity index (χ0v) is 10.5. The number of Topliss-reactive ketones (excluding diaryl/α,β-unsaturated/α-hetero) is 1. The Morgan fingerprint density at radius 3 is 2.82 bits per heavy atom. The standard InChI is InChI=1S/C12H12N2O2S/c1-8-5-3-4-6-10(8)17-7-11-13-12(9(2)15)16-14-11/h3-6H,7H2,1-2H3. The summed E-state index contributed by atoms with van der Waals surface area (Å²) in [5, 5.41) is 3.75. The van der Waals surface area contributed by atoms with Crippen LogP contribution in [-0.2, 0) is 5.75 Å². The van der Waals surface area contributed by atoms with Crippen molar-refractivity contribution < 1.29 is 9.32 Å². The van der Waals surface area contributed by atoms with Crippen molar-refractivity contribution in [3.63, 3.8) is 0 Å². The van der Waals surface area contributed by atoms with E-state index in [-0.39, 0.29) is 11.7 Å². The lowest BCUT2D eigenvalue weighted by Crippen LogP contribution is -1.92. The molecule has 4 nitrogen and oxygen atoms in total. The fraction of sp³-hybridized carbons (Fsp3) is 0.250. The van der Waals surface area contributed by atoms with Gasteiger partial charge in [-0.25, -0.2) is 0 Å². The van der Waals surface area contributed by atoms with Gasteiger partial charge < -0.3 is 4.52 Å². The lowest BCUT2D eigenvalue weighted by molar-refractivity contribution is 0.0972. The minimum absolute atomic E-state index is 0.0744. The van der Waals surface area contributed by atoms with Gasteiger partial charge >= 0.3 is 0 Å². The number of rotatable bonds is 4. The van der Waals surface area contributed by atoms with E-state index in [1.54, 1.807) is 11.8 Å². The molecule has 0 saturated carbocycles.